The molecule has 0 spiro atoms. The van der Waals surface area contributed by atoms with Crippen molar-refractivity contribution >= 4 is 22.9 Å². The first-order chi connectivity index (χ1) is 11.3. The van der Waals surface area contributed by atoms with Crippen LogP contribution in [0.1, 0.15) is 31.9 Å². The quantitative estimate of drug-likeness (QED) is 0.692. The maximum absolute atomic E-state index is 10.6. The molecule has 0 bridgehead atoms. The lowest BCUT2D eigenvalue weighted by atomic mass is 9.87. The van der Waals surface area contributed by atoms with E-state index in [1.165, 1.54) is 5.56 Å². The number of carboxylic acids is 1. The molecule has 0 saturated heterocycles. The number of carboxylic acid groups (broad SMARTS) is 1. The fraction of sp³-hybridized carbons (Fsp3) is 0.200. The summed E-state index contributed by atoms with van der Waals surface area (Å²) in [5.41, 5.74) is 5.01. The number of aromatic nitrogens is 2. The van der Waals surface area contributed by atoms with Gasteiger partial charge >= 0.3 is 5.97 Å². The van der Waals surface area contributed by atoms with Crippen LogP contribution < -0.4 is 0 Å². The van der Waals surface area contributed by atoms with Crippen LogP contribution in [0.15, 0.2) is 48.7 Å². The Morgan fingerprint density at radius 1 is 1.17 bits per heavy atom. The molecule has 0 aliphatic rings. The van der Waals surface area contributed by atoms with Crippen molar-refractivity contribution in [3.8, 4) is 11.4 Å². The molecule has 0 fully saturated rings. The molecule has 0 saturated carbocycles. The van der Waals surface area contributed by atoms with Crippen LogP contribution in [0.4, 0.5) is 0 Å². The number of pyridine rings is 1. The Kier molecular flexibility index (Phi) is 3.97. The van der Waals surface area contributed by atoms with E-state index in [0.29, 0.717) is 0 Å². The Hall–Kier alpha value is -2.88. The van der Waals surface area contributed by atoms with Crippen molar-refractivity contribution in [1.29, 1.82) is 0 Å². The predicted molar refractivity (Wildman–Crippen MR) is 96.9 cm³/mol. The lowest BCUT2D eigenvalue weighted by Gasteiger charge is -2.19. The number of nitrogens with zero attached hydrogens (tertiary/aromatic N) is 1. The molecule has 0 atom stereocenters. The van der Waals surface area contributed by atoms with E-state index in [-0.39, 0.29) is 5.41 Å². The summed E-state index contributed by atoms with van der Waals surface area (Å²) in [6.07, 6.45) is 4.57. The van der Waals surface area contributed by atoms with Crippen molar-refractivity contribution in [2.24, 2.45) is 0 Å². The molecule has 4 heteroatoms. The van der Waals surface area contributed by atoms with Crippen LogP contribution in [0.25, 0.3) is 28.4 Å². The zero-order chi connectivity index (χ0) is 17.3. The van der Waals surface area contributed by atoms with Gasteiger partial charge in [-0.3, -0.25) is 4.98 Å². The van der Waals surface area contributed by atoms with Gasteiger partial charge in [0.05, 0.1) is 11.4 Å². The lowest BCUT2D eigenvalue weighted by molar-refractivity contribution is -0.131. The predicted octanol–water partition coefficient (Wildman–Crippen LogP) is 4.63. The summed E-state index contributed by atoms with van der Waals surface area (Å²) in [7, 11) is 0. The molecule has 3 aromatic rings. The second-order valence-corrected chi connectivity index (χ2v) is 6.88. The van der Waals surface area contributed by atoms with Crippen LogP contribution in [0, 0.1) is 0 Å². The van der Waals surface area contributed by atoms with Gasteiger partial charge in [0.15, 0.2) is 0 Å². The molecule has 0 aliphatic carbocycles. The number of nitrogens with one attached hydrogen (secondary N) is 1. The number of H-pyrrole nitrogens is 1. The number of hydrogen-bond donors (Lipinski definition) is 2. The Morgan fingerprint density at radius 3 is 2.67 bits per heavy atom. The normalized spacial score (nSPS) is 12.1. The minimum absolute atomic E-state index is 0.0680. The summed E-state index contributed by atoms with van der Waals surface area (Å²) in [4.78, 5) is 18.5. The van der Waals surface area contributed by atoms with E-state index in [4.69, 9.17) is 5.11 Å². The number of benzene rings is 1. The van der Waals surface area contributed by atoms with Gasteiger partial charge in [-0.25, -0.2) is 4.79 Å². The van der Waals surface area contributed by atoms with Crippen LogP contribution >= 0.6 is 0 Å². The minimum atomic E-state index is -0.951. The summed E-state index contributed by atoms with van der Waals surface area (Å²) < 4.78 is 0. The first-order valence-corrected chi connectivity index (χ1v) is 7.83. The van der Waals surface area contributed by atoms with E-state index in [2.05, 4.69) is 36.8 Å². The minimum Gasteiger partial charge on any atom is -0.478 e. The molecule has 0 unspecified atom stereocenters. The number of aromatic amines is 1. The highest BCUT2D eigenvalue weighted by Gasteiger charge is 2.15. The van der Waals surface area contributed by atoms with Gasteiger partial charge in [0.2, 0.25) is 0 Å². The molecule has 0 amide bonds. The van der Waals surface area contributed by atoms with E-state index in [1.807, 2.05) is 36.5 Å². The van der Waals surface area contributed by atoms with Gasteiger partial charge in [0.25, 0.3) is 0 Å². The highest BCUT2D eigenvalue weighted by Crippen LogP contribution is 2.28. The van der Waals surface area contributed by atoms with Crippen molar-refractivity contribution in [1.82, 2.24) is 9.97 Å². The highest BCUT2D eigenvalue weighted by molar-refractivity contribution is 5.89. The van der Waals surface area contributed by atoms with Crippen molar-refractivity contribution in [3.05, 3.63) is 59.8 Å². The van der Waals surface area contributed by atoms with Gasteiger partial charge in [-0.05, 0) is 52.9 Å². The van der Waals surface area contributed by atoms with Gasteiger partial charge in [-0.15, -0.1) is 0 Å². The highest BCUT2D eigenvalue weighted by atomic mass is 16.4. The number of aliphatic carboxylic acids is 1. The molecule has 2 N–H and O–H groups in total. The molecule has 3 rings (SSSR count). The number of rotatable bonds is 3. The lowest BCUT2D eigenvalue weighted by Crippen LogP contribution is -2.11. The SMILES string of the molecule is CC(C)(C)c1ccnc(-c2cc3cc(/C=C/C(=O)O)ccc3[nH]2)c1. The summed E-state index contributed by atoms with van der Waals surface area (Å²) in [6, 6.07) is 12.0. The molecule has 4 nitrogen and oxygen atoms in total. The topological polar surface area (TPSA) is 66.0 Å². The molecule has 2 heterocycles. The summed E-state index contributed by atoms with van der Waals surface area (Å²) in [5, 5.41) is 9.76. The molecule has 122 valence electrons. The van der Waals surface area contributed by atoms with E-state index in [0.717, 1.165) is 33.9 Å². The van der Waals surface area contributed by atoms with E-state index in [9.17, 15) is 4.79 Å². The Balaban J connectivity index is 2.01. The van der Waals surface area contributed by atoms with E-state index in [1.54, 1.807) is 6.08 Å². The molecular weight excluding hydrogens is 300 g/mol. The van der Waals surface area contributed by atoms with Crippen molar-refractivity contribution < 1.29 is 9.90 Å². The molecule has 24 heavy (non-hydrogen) atoms. The summed E-state index contributed by atoms with van der Waals surface area (Å²) in [5.74, 6) is -0.951. The second-order valence-electron chi connectivity index (χ2n) is 6.88. The number of fused-ring (bicyclic) bond motifs is 1. The van der Waals surface area contributed by atoms with Crippen LogP contribution in [0.3, 0.4) is 0 Å². The standard InChI is InChI=1S/C20H20N2O2/c1-20(2,3)15-8-9-21-17(12-15)18-11-14-10-13(5-7-19(23)24)4-6-16(14)22-18/h4-12,22H,1-3H3,(H,23,24)/b7-5+. The monoisotopic (exact) mass is 320 g/mol. The molecule has 0 aliphatic heterocycles. The van der Waals surface area contributed by atoms with Gasteiger partial charge in [-0.2, -0.15) is 0 Å². The maximum atomic E-state index is 10.6. The van der Waals surface area contributed by atoms with Crippen molar-refractivity contribution in [2.45, 2.75) is 26.2 Å². The first-order valence-electron chi connectivity index (χ1n) is 7.83. The summed E-state index contributed by atoms with van der Waals surface area (Å²) >= 11 is 0. The zero-order valence-electron chi connectivity index (χ0n) is 14.0. The fourth-order valence-corrected chi connectivity index (χ4v) is 2.60. The fourth-order valence-electron chi connectivity index (χ4n) is 2.60. The van der Waals surface area contributed by atoms with E-state index < -0.39 is 5.97 Å². The third-order valence-corrected chi connectivity index (χ3v) is 3.97. The van der Waals surface area contributed by atoms with Gasteiger partial charge in [0, 0.05) is 23.2 Å². The first kappa shape index (κ1) is 16.0. The Bertz CT molecular complexity index is 930. The Morgan fingerprint density at radius 2 is 1.96 bits per heavy atom. The van der Waals surface area contributed by atoms with Crippen molar-refractivity contribution in [2.75, 3.05) is 0 Å². The smallest absolute Gasteiger partial charge is 0.328 e. The number of carbonyl (C=O) groups is 1. The Labute approximate surface area is 140 Å². The molecule has 2 aromatic heterocycles. The van der Waals surface area contributed by atoms with Crippen LogP contribution in [-0.4, -0.2) is 21.0 Å². The van der Waals surface area contributed by atoms with Gasteiger partial charge < -0.3 is 10.1 Å². The molecular formula is C20H20N2O2. The van der Waals surface area contributed by atoms with Crippen LogP contribution in [-0.2, 0) is 10.2 Å². The average molecular weight is 320 g/mol. The largest absolute Gasteiger partial charge is 0.478 e. The average Bonchev–Trinajstić information content (AvgIpc) is 2.95. The van der Waals surface area contributed by atoms with Gasteiger partial charge in [-0.1, -0.05) is 26.8 Å². The summed E-state index contributed by atoms with van der Waals surface area (Å²) in [6.45, 7) is 6.54. The van der Waals surface area contributed by atoms with Crippen LogP contribution in [0.2, 0.25) is 0 Å². The third kappa shape index (κ3) is 3.38. The molecule has 1 aromatic carbocycles. The maximum Gasteiger partial charge on any atom is 0.328 e. The van der Waals surface area contributed by atoms with E-state index >= 15 is 0 Å². The van der Waals surface area contributed by atoms with Crippen LogP contribution in [0.5, 0.6) is 0 Å². The second kappa shape index (κ2) is 5.96. The zero-order valence-corrected chi connectivity index (χ0v) is 14.0. The molecule has 0 radical (unpaired) electrons. The van der Waals surface area contributed by atoms with Crippen molar-refractivity contribution in [3.63, 3.8) is 0 Å². The third-order valence-electron chi connectivity index (χ3n) is 3.97. The van der Waals surface area contributed by atoms with Gasteiger partial charge in [0.1, 0.15) is 0 Å². The number of hydrogen-bond acceptors (Lipinski definition) is 2.